The van der Waals surface area contributed by atoms with E-state index in [4.69, 9.17) is 11.8 Å². The molecule has 0 saturated carbocycles. The summed E-state index contributed by atoms with van der Waals surface area (Å²) in [4.78, 5) is 14.9. The van der Waals surface area contributed by atoms with Gasteiger partial charge in [0.05, 0.1) is 36.2 Å². The number of nitrogens with zero attached hydrogens (tertiary/aromatic N) is 4. The fourth-order valence-corrected chi connectivity index (χ4v) is 10.1. The third-order valence-electron chi connectivity index (χ3n) is 9.58. The van der Waals surface area contributed by atoms with Crippen molar-refractivity contribution in [2.45, 2.75) is 53.6 Å². The third-order valence-corrected chi connectivity index (χ3v) is 12.7. The summed E-state index contributed by atoms with van der Waals surface area (Å²) >= 11 is 1.48. The van der Waals surface area contributed by atoms with Gasteiger partial charge in [0, 0.05) is 38.3 Å². The van der Waals surface area contributed by atoms with E-state index in [2.05, 4.69) is 44.9 Å². The number of aryl methyl sites for hydroxylation is 1. The number of para-hydroxylation sites is 3. The van der Waals surface area contributed by atoms with Gasteiger partial charge in [0.2, 0.25) is 0 Å². The minimum atomic E-state index is -2.41. The quantitative estimate of drug-likeness (QED) is 0.123. The average Bonchev–Trinajstić information content (AvgIpc) is 3.81. The molecule has 0 fully saturated rings. The Morgan fingerprint density at radius 3 is 2.19 bits per heavy atom. The largest absolute Gasteiger partial charge is 0.333 e. The van der Waals surface area contributed by atoms with Crippen LogP contribution >= 0.6 is 11.3 Å². The maximum absolute atomic E-state index is 14.4. The number of benzene rings is 5. The number of hydrogen-bond donors (Lipinski definition) is 0. The Balaban J connectivity index is 0.000000197. The second-order valence-electron chi connectivity index (χ2n) is 16.1. The summed E-state index contributed by atoms with van der Waals surface area (Å²) in [6.07, 6.45) is -1.71. The first-order valence-electron chi connectivity index (χ1n) is 21.5. The van der Waals surface area contributed by atoms with Gasteiger partial charge in [-0.15, -0.1) is 54.1 Å². The van der Waals surface area contributed by atoms with Crippen molar-refractivity contribution in [1.29, 1.82) is 0 Å². The van der Waals surface area contributed by atoms with Gasteiger partial charge < -0.3 is 9.55 Å². The summed E-state index contributed by atoms with van der Waals surface area (Å²) in [5.74, 6) is -0.484. The average molecular weight is 996 g/mol. The first-order valence-corrected chi connectivity index (χ1v) is 23.3. The van der Waals surface area contributed by atoms with Gasteiger partial charge in [0.25, 0.3) is 0 Å². The van der Waals surface area contributed by atoms with Crippen molar-refractivity contribution in [3.05, 3.63) is 162 Å². The van der Waals surface area contributed by atoms with Crippen LogP contribution in [0.15, 0.2) is 127 Å². The van der Waals surface area contributed by atoms with Gasteiger partial charge in [-0.05, 0) is 82.1 Å². The van der Waals surface area contributed by atoms with Crippen LogP contribution in [0.1, 0.15) is 38.9 Å². The third kappa shape index (κ3) is 8.62. The second kappa shape index (κ2) is 16.8. The van der Waals surface area contributed by atoms with Gasteiger partial charge in [-0.2, -0.15) is 11.3 Å². The molecular weight excluding hydrogens is 947 g/mol. The first-order chi connectivity index (χ1) is 29.8. The molecular formula is C50H44F2IrN4SSi-2. The molecule has 0 N–H and O–H groups in total. The Labute approximate surface area is 370 Å². The molecule has 4 heterocycles. The zero-order valence-corrected chi connectivity index (χ0v) is 37.6. The molecule has 299 valence electrons. The van der Waals surface area contributed by atoms with Crippen LogP contribution in [-0.4, -0.2) is 27.6 Å². The molecule has 0 amide bonds. The van der Waals surface area contributed by atoms with Crippen molar-refractivity contribution in [2.75, 3.05) is 0 Å². The summed E-state index contributed by atoms with van der Waals surface area (Å²) in [5, 5.41) is 2.53. The fourth-order valence-electron chi connectivity index (χ4n) is 7.20. The van der Waals surface area contributed by atoms with E-state index in [9.17, 15) is 8.78 Å². The molecule has 0 atom stereocenters. The van der Waals surface area contributed by atoms with Crippen molar-refractivity contribution < 1.29 is 35.7 Å². The second-order valence-corrected chi connectivity index (χ2v) is 22.1. The topological polar surface area (TPSA) is 43.6 Å². The smallest absolute Gasteiger partial charge is 0.135 e. The Hall–Kier alpha value is -5.18. The van der Waals surface area contributed by atoms with Crippen LogP contribution in [-0.2, 0) is 26.5 Å². The number of rotatable bonds is 6. The van der Waals surface area contributed by atoms with E-state index in [1.54, 1.807) is 18.2 Å². The van der Waals surface area contributed by atoms with E-state index in [0.717, 1.165) is 43.6 Å². The molecule has 0 aliphatic rings. The van der Waals surface area contributed by atoms with E-state index in [1.807, 2.05) is 113 Å². The van der Waals surface area contributed by atoms with Gasteiger partial charge in [0.1, 0.15) is 16.5 Å². The zero-order chi connectivity index (χ0) is 45.1. The molecule has 59 heavy (non-hydrogen) atoms. The van der Waals surface area contributed by atoms with Crippen LogP contribution in [0.3, 0.4) is 0 Å². The monoisotopic (exact) mass is 996 g/mol. The molecule has 0 bridgehead atoms. The van der Waals surface area contributed by atoms with Crippen LogP contribution in [0, 0.1) is 36.0 Å². The molecule has 0 unspecified atom stereocenters. The molecule has 0 aliphatic carbocycles. The van der Waals surface area contributed by atoms with E-state index < -0.39 is 38.3 Å². The maximum Gasteiger partial charge on any atom is 0.135 e. The normalized spacial score (nSPS) is 13.5. The van der Waals surface area contributed by atoms with Gasteiger partial charge in [0.15, 0.2) is 0 Å². The van der Waals surface area contributed by atoms with Crippen LogP contribution in [0.2, 0.25) is 19.6 Å². The number of aromatic nitrogens is 4. The Bertz CT molecular complexity index is 3120. The minimum absolute atomic E-state index is 0. The standard InChI is InChI=1S/C30H16F2N3S.C20H28NSi.Ir/c31-22-12-7-13-23(32)27(22)25-17-16-20-19-10-6-11-21(28(19)36-30(20)34-25)29-33-24-14-4-5-15-26(24)35(29)18-8-2-1-3-9-18;1-15-19(22(5,6)7)17(14-20(2,3)4)13-18(21-15)16-11-9-8-10-12-16;/h1-10,12-17H;8-11,13H,14H2,1-7H3;/q2*-1;/i;1D3,14D2;. The van der Waals surface area contributed by atoms with Crippen molar-refractivity contribution in [3.63, 3.8) is 0 Å². The van der Waals surface area contributed by atoms with Crippen LogP contribution < -0.4 is 5.19 Å². The molecule has 9 rings (SSSR count). The summed E-state index contributed by atoms with van der Waals surface area (Å²) < 4.78 is 73.9. The molecule has 5 aromatic carbocycles. The Morgan fingerprint density at radius 1 is 0.763 bits per heavy atom. The van der Waals surface area contributed by atoms with E-state index >= 15 is 0 Å². The number of pyridine rings is 2. The molecule has 9 aromatic rings. The minimum Gasteiger partial charge on any atom is -0.333 e. The summed E-state index contributed by atoms with van der Waals surface area (Å²) in [6, 6.07) is 44.9. The van der Waals surface area contributed by atoms with Crippen molar-refractivity contribution in [1.82, 2.24) is 19.5 Å². The van der Waals surface area contributed by atoms with E-state index in [-0.39, 0.29) is 37.1 Å². The van der Waals surface area contributed by atoms with Crippen molar-refractivity contribution in [2.24, 2.45) is 5.41 Å². The molecule has 0 spiro atoms. The predicted molar refractivity (Wildman–Crippen MR) is 241 cm³/mol. The van der Waals surface area contributed by atoms with Crippen molar-refractivity contribution >= 4 is 55.9 Å². The van der Waals surface area contributed by atoms with Gasteiger partial charge in [-0.1, -0.05) is 105 Å². The van der Waals surface area contributed by atoms with Crippen LogP contribution in [0.5, 0.6) is 0 Å². The van der Waals surface area contributed by atoms with Gasteiger partial charge >= 0.3 is 0 Å². The molecule has 4 aromatic heterocycles. The maximum atomic E-state index is 14.4. The summed E-state index contributed by atoms with van der Waals surface area (Å²) in [7, 11) is -2.22. The Kier molecular flexibility index (Phi) is 10.2. The predicted octanol–water partition coefficient (Wildman–Crippen LogP) is 13.2. The number of hydrogen-bond acceptors (Lipinski definition) is 4. The summed E-state index contributed by atoms with van der Waals surface area (Å²) in [5.41, 5.74) is 4.79. The number of imidazole rings is 1. The van der Waals surface area contributed by atoms with Gasteiger partial charge in [-0.3, -0.25) is 4.98 Å². The number of thiophene rings is 1. The zero-order valence-electron chi connectivity index (χ0n) is 38.4. The van der Waals surface area contributed by atoms with Crippen LogP contribution in [0.25, 0.3) is 70.9 Å². The fraction of sp³-hybridized carbons (Fsp3) is 0.180. The summed E-state index contributed by atoms with van der Waals surface area (Å²) in [6.45, 7) is 9.21. The molecule has 9 heteroatoms. The molecule has 0 aliphatic heterocycles. The SMILES string of the molecule is Fc1cccc(F)c1-c1ccc2c(n1)sc1c(-c3nc4ccccc4n3-c3ccccc3)[c-]ccc12.[2H]C([2H])([2H])c1nc(-c2[c-]cccc2)cc(C([2H])([2H])C(C)(C)C)c1[Si](C)(C)C.[Ir]. The molecule has 4 nitrogen and oxygen atoms in total. The van der Waals surface area contributed by atoms with E-state index in [1.165, 1.54) is 29.5 Å². The number of fused-ring (bicyclic) bond motifs is 4. The van der Waals surface area contributed by atoms with Crippen LogP contribution in [0.4, 0.5) is 8.78 Å². The first kappa shape index (κ1) is 35.7. The van der Waals surface area contributed by atoms with E-state index in [0.29, 0.717) is 26.8 Å². The molecule has 1 radical (unpaired) electrons. The van der Waals surface area contributed by atoms with Crippen molar-refractivity contribution in [3.8, 4) is 39.6 Å². The molecule has 0 saturated heterocycles. The van der Waals surface area contributed by atoms with Gasteiger partial charge in [-0.25, -0.2) is 13.8 Å². The Morgan fingerprint density at radius 2 is 1.49 bits per heavy atom. The number of halogens is 2.